The first kappa shape index (κ1) is 19.2. The van der Waals surface area contributed by atoms with Crippen LogP contribution in [0.4, 0.5) is 5.69 Å². The minimum atomic E-state index is -0.664. The highest BCUT2D eigenvalue weighted by Crippen LogP contribution is 2.32. The van der Waals surface area contributed by atoms with E-state index in [2.05, 4.69) is 5.10 Å². The first-order valence-corrected chi connectivity index (χ1v) is 9.72. The number of hydrogen-bond donors (Lipinski definition) is 0. The maximum atomic E-state index is 12.7. The number of halogens is 1. The van der Waals surface area contributed by atoms with E-state index >= 15 is 0 Å². The van der Waals surface area contributed by atoms with Crippen molar-refractivity contribution >= 4 is 29.2 Å². The van der Waals surface area contributed by atoms with Crippen molar-refractivity contribution in [3.05, 3.63) is 76.6 Å². The molecule has 0 N–H and O–H groups in total. The Hall–Kier alpha value is -3.12. The van der Waals surface area contributed by atoms with Gasteiger partial charge in [-0.3, -0.25) is 4.79 Å². The molecule has 0 fully saturated rings. The van der Waals surface area contributed by atoms with E-state index < -0.39 is 5.97 Å². The van der Waals surface area contributed by atoms with Gasteiger partial charge in [0.15, 0.2) is 6.61 Å². The summed E-state index contributed by atoms with van der Waals surface area (Å²) in [6.07, 6.45) is 0.782. The fourth-order valence-electron chi connectivity index (χ4n) is 3.69. The summed E-state index contributed by atoms with van der Waals surface area (Å²) >= 11 is 6.40. The molecule has 0 unspecified atom stereocenters. The molecule has 6 nitrogen and oxygen atoms in total. The van der Waals surface area contributed by atoms with E-state index in [0.29, 0.717) is 5.69 Å². The number of carbonyl (C=O) groups excluding carboxylic acids is 2. The molecule has 29 heavy (non-hydrogen) atoms. The molecular formula is C22H20ClN3O3. The first-order chi connectivity index (χ1) is 14.0. The third-order valence-corrected chi connectivity index (χ3v) is 5.36. The van der Waals surface area contributed by atoms with E-state index in [1.807, 2.05) is 61.5 Å². The zero-order chi connectivity index (χ0) is 20.5. The van der Waals surface area contributed by atoms with Crippen LogP contribution in [-0.2, 0) is 16.0 Å². The molecule has 0 bridgehead atoms. The predicted molar refractivity (Wildman–Crippen MR) is 111 cm³/mol. The number of aryl methyl sites for hydroxylation is 1. The summed E-state index contributed by atoms with van der Waals surface area (Å²) in [4.78, 5) is 27.1. The largest absolute Gasteiger partial charge is 0.452 e. The molecule has 2 heterocycles. The van der Waals surface area contributed by atoms with Gasteiger partial charge in [0.2, 0.25) is 0 Å². The molecule has 3 aromatic rings. The maximum absolute atomic E-state index is 12.7. The molecule has 4 rings (SSSR count). The Labute approximate surface area is 173 Å². The number of rotatable bonds is 4. The summed E-state index contributed by atoms with van der Waals surface area (Å²) in [6, 6.07) is 17.0. The van der Waals surface area contributed by atoms with Gasteiger partial charge in [-0.25, -0.2) is 9.48 Å². The number of esters is 1. The Bertz CT molecular complexity index is 1080. The lowest BCUT2D eigenvalue weighted by atomic mass is 10.1. The Morgan fingerprint density at radius 3 is 2.59 bits per heavy atom. The van der Waals surface area contributed by atoms with E-state index in [4.69, 9.17) is 16.3 Å². The van der Waals surface area contributed by atoms with E-state index in [-0.39, 0.29) is 29.3 Å². The molecular weight excluding hydrogens is 390 g/mol. The molecule has 0 radical (unpaired) electrons. The first-order valence-electron chi connectivity index (χ1n) is 9.35. The van der Waals surface area contributed by atoms with Crippen LogP contribution in [-0.4, -0.2) is 34.3 Å². The smallest absolute Gasteiger partial charge is 0.343 e. The number of anilines is 1. The van der Waals surface area contributed by atoms with Gasteiger partial charge in [0.05, 0.1) is 11.4 Å². The lowest BCUT2D eigenvalue weighted by Crippen LogP contribution is -2.38. The van der Waals surface area contributed by atoms with Gasteiger partial charge in [0, 0.05) is 11.7 Å². The van der Waals surface area contributed by atoms with Crippen LogP contribution in [0.1, 0.15) is 28.5 Å². The molecule has 0 aliphatic carbocycles. The van der Waals surface area contributed by atoms with Crippen molar-refractivity contribution in [1.29, 1.82) is 0 Å². The van der Waals surface area contributed by atoms with Gasteiger partial charge in [-0.15, -0.1) is 0 Å². The van der Waals surface area contributed by atoms with Crippen LogP contribution >= 0.6 is 11.6 Å². The monoisotopic (exact) mass is 409 g/mol. The third-order valence-electron chi connectivity index (χ3n) is 5.01. The lowest BCUT2D eigenvalue weighted by Gasteiger charge is -2.22. The lowest BCUT2D eigenvalue weighted by molar-refractivity contribution is -0.122. The number of para-hydroxylation sites is 2. The second-order valence-corrected chi connectivity index (χ2v) is 7.38. The van der Waals surface area contributed by atoms with Crippen LogP contribution < -0.4 is 4.90 Å². The van der Waals surface area contributed by atoms with Gasteiger partial charge >= 0.3 is 5.97 Å². The molecule has 1 amide bonds. The van der Waals surface area contributed by atoms with E-state index in [0.717, 1.165) is 23.4 Å². The Balaban J connectivity index is 1.50. The second-order valence-electron chi connectivity index (χ2n) is 7.02. The molecule has 0 spiro atoms. The fraction of sp³-hybridized carbons (Fsp3) is 0.227. The highest BCUT2D eigenvalue weighted by Gasteiger charge is 2.31. The number of nitrogens with zero attached hydrogens (tertiary/aromatic N) is 3. The number of benzene rings is 2. The predicted octanol–water partition coefficient (Wildman–Crippen LogP) is 3.97. The number of amides is 1. The summed E-state index contributed by atoms with van der Waals surface area (Å²) in [5.74, 6) is -0.928. The quantitative estimate of drug-likeness (QED) is 0.611. The van der Waals surface area contributed by atoms with Crippen LogP contribution in [0.15, 0.2) is 54.6 Å². The van der Waals surface area contributed by atoms with E-state index in [1.165, 1.54) is 4.68 Å². The van der Waals surface area contributed by atoms with Crippen molar-refractivity contribution in [1.82, 2.24) is 9.78 Å². The van der Waals surface area contributed by atoms with Crippen molar-refractivity contribution < 1.29 is 14.3 Å². The molecule has 2 aromatic carbocycles. The average molecular weight is 410 g/mol. The van der Waals surface area contributed by atoms with Crippen molar-refractivity contribution in [3.63, 3.8) is 0 Å². The van der Waals surface area contributed by atoms with E-state index in [1.54, 1.807) is 11.8 Å². The zero-order valence-corrected chi connectivity index (χ0v) is 16.9. The van der Waals surface area contributed by atoms with Crippen molar-refractivity contribution in [2.75, 3.05) is 11.5 Å². The van der Waals surface area contributed by atoms with Crippen molar-refractivity contribution in [3.8, 4) is 5.69 Å². The topological polar surface area (TPSA) is 64.4 Å². The average Bonchev–Trinajstić information content (AvgIpc) is 3.21. The fourth-order valence-corrected chi connectivity index (χ4v) is 4.04. The zero-order valence-electron chi connectivity index (χ0n) is 16.1. The highest BCUT2D eigenvalue weighted by atomic mass is 35.5. The SMILES string of the molecule is Cc1nn(-c2ccccc2)c(Cl)c1C(=O)OCC(=O)N1c2ccccc2C[C@@H]1C. The molecule has 1 aliphatic heterocycles. The number of fused-ring (bicyclic) bond motifs is 1. The van der Waals surface area contributed by atoms with Crippen LogP contribution in [0.3, 0.4) is 0 Å². The third kappa shape index (κ3) is 3.51. The normalized spacial score (nSPS) is 15.3. The van der Waals surface area contributed by atoms with Gasteiger partial charge < -0.3 is 9.64 Å². The van der Waals surface area contributed by atoms with Gasteiger partial charge in [0.1, 0.15) is 10.7 Å². The number of hydrogen-bond acceptors (Lipinski definition) is 4. The number of carbonyl (C=O) groups is 2. The summed E-state index contributed by atoms with van der Waals surface area (Å²) in [5.41, 5.74) is 3.32. The van der Waals surface area contributed by atoms with Gasteiger partial charge in [0.25, 0.3) is 5.91 Å². The van der Waals surface area contributed by atoms with Crippen molar-refractivity contribution in [2.24, 2.45) is 0 Å². The van der Waals surface area contributed by atoms with Crippen LogP contribution in [0, 0.1) is 6.92 Å². The van der Waals surface area contributed by atoms with Gasteiger partial charge in [-0.05, 0) is 44.0 Å². The summed E-state index contributed by atoms with van der Waals surface area (Å²) in [5, 5.41) is 4.49. The summed E-state index contributed by atoms with van der Waals surface area (Å²) < 4.78 is 6.79. The Morgan fingerprint density at radius 1 is 1.14 bits per heavy atom. The summed E-state index contributed by atoms with van der Waals surface area (Å²) in [7, 11) is 0. The van der Waals surface area contributed by atoms with Crippen LogP contribution in [0.2, 0.25) is 5.15 Å². The Morgan fingerprint density at radius 2 is 1.83 bits per heavy atom. The molecule has 1 aliphatic rings. The summed E-state index contributed by atoms with van der Waals surface area (Å²) in [6.45, 7) is 3.30. The minimum absolute atomic E-state index is 0.0183. The molecule has 7 heteroatoms. The highest BCUT2D eigenvalue weighted by molar-refractivity contribution is 6.33. The molecule has 1 aromatic heterocycles. The van der Waals surface area contributed by atoms with Gasteiger partial charge in [-0.1, -0.05) is 48.0 Å². The minimum Gasteiger partial charge on any atom is -0.452 e. The number of ether oxygens (including phenoxy) is 1. The molecule has 148 valence electrons. The van der Waals surface area contributed by atoms with Crippen LogP contribution in [0.5, 0.6) is 0 Å². The van der Waals surface area contributed by atoms with Gasteiger partial charge in [-0.2, -0.15) is 5.10 Å². The van der Waals surface area contributed by atoms with Crippen molar-refractivity contribution in [2.45, 2.75) is 26.3 Å². The second kappa shape index (κ2) is 7.72. The standard InChI is InChI=1S/C22H20ClN3O3/c1-14-12-16-8-6-7-11-18(16)25(14)19(27)13-29-22(28)20-15(2)24-26(21(20)23)17-9-4-3-5-10-17/h3-11,14H,12-13H2,1-2H3/t14-/m0/s1. The van der Waals surface area contributed by atoms with E-state index in [9.17, 15) is 9.59 Å². The van der Waals surface area contributed by atoms with Crippen LogP contribution in [0.25, 0.3) is 5.69 Å². The Kier molecular flexibility index (Phi) is 5.11. The maximum Gasteiger partial charge on any atom is 0.343 e. The molecule has 1 atom stereocenters. The number of aromatic nitrogens is 2. The molecule has 0 saturated carbocycles. The molecule has 0 saturated heterocycles.